The van der Waals surface area contributed by atoms with E-state index < -0.39 is 0 Å². The van der Waals surface area contributed by atoms with Crippen LogP contribution in [0.4, 0.5) is 0 Å². The molecular weight excluding hydrogens is 384 g/mol. The number of benzene rings is 2. The third kappa shape index (κ3) is 2.38. The van der Waals surface area contributed by atoms with Gasteiger partial charge in [0.2, 0.25) is 5.43 Å². The molecule has 0 atom stereocenters. The van der Waals surface area contributed by atoms with Crippen LogP contribution in [0.15, 0.2) is 39.6 Å². The number of hydrogen-bond donors (Lipinski definition) is 2. The average molecular weight is 401 g/mol. The first-order chi connectivity index (χ1) is 12.2. The summed E-state index contributed by atoms with van der Waals surface area (Å²) in [6.07, 6.45) is 0. The predicted octanol–water partition coefficient (Wildman–Crippen LogP) is 2.26. The van der Waals surface area contributed by atoms with E-state index in [9.17, 15) is 4.79 Å². The Hall–Kier alpha value is -2.22. The Labute approximate surface area is 152 Å². The Morgan fingerprint density at radius 3 is 2.88 bits per heavy atom. The molecule has 0 aliphatic carbocycles. The van der Waals surface area contributed by atoms with E-state index in [0.717, 1.165) is 26.6 Å². The van der Waals surface area contributed by atoms with E-state index in [1.807, 2.05) is 28.8 Å². The highest BCUT2D eigenvalue weighted by Gasteiger charge is 2.20. The van der Waals surface area contributed by atoms with Crippen molar-refractivity contribution >= 4 is 43.1 Å². The average Bonchev–Trinajstić information content (AvgIpc) is 2.99. The van der Waals surface area contributed by atoms with Crippen molar-refractivity contribution in [3.8, 4) is 5.75 Å². The van der Waals surface area contributed by atoms with Crippen LogP contribution in [0.2, 0.25) is 0 Å². The predicted molar refractivity (Wildman–Crippen MR) is 103 cm³/mol. The molecule has 0 fully saturated rings. The second-order valence-electron chi connectivity index (χ2n) is 5.83. The first-order valence-electron chi connectivity index (χ1n) is 8.00. The van der Waals surface area contributed by atoms with E-state index >= 15 is 0 Å². The zero-order chi connectivity index (χ0) is 17.6. The van der Waals surface area contributed by atoms with Gasteiger partial charge in [0.1, 0.15) is 5.75 Å². The zero-order valence-corrected chi connectivity index (χ0v) is 15.3. The first kappa shape index (κ1) is 16.3. The summed E-state index contributed by atoms with van der Waals surface area (Å²) < 4.78 is 8.01. The van der Waals surface area contributed by atoms with Gasteiger partial charge in [-0.1, -0.05) is 6.07 Å². The minimum absolute atomic E-state index is 0.0567. The van der Waals surface area contributed by atoms with Crippen molar-refractivity contribution < 1.29 is 4.74 Å². The SMILES string of the molecule is COc1cccc2c1c(=O)c1c(Br)ccc3c(CNCCN)nn2c31. The molecular formula is C18H17BrN4O2. The van der Waals surface area contributed by atoms with Crippen molar-refractivity contribution in [3.63, 3.8) is 0 Å². The van der Waals surface area contributed by atoms with Gasteiger partial charge in [0.25, 0.3) is 0 Å². The summed E-state index contributed by atoms with van der Waals surface area (Å²) in [5, 5.41) is 10.2. The molecule has 0 saturated heterocycles. The summed E-state index contributed by atoms with van der Waals surface area (Å²) in [6.45, 7) is 1.87. The Balaban J connectivity index is 2.15. The third-order valence-electron chi connectivity index (χ3n) is 4.39. The monoisotopic (exact) mass is 400 g/mol. The highest BCUT2D eigenvalue weighted by atomic mass is 79.9. The van der Waals surface area contributed by atoms with Crippen molar-refractivity contribution in [1.82, 2.24) is 14.9 Å². The molecule has 2 heterocycles. The number of ether oxygens (including phenoxy) is 1. The van der Waals surface area contributed by atoms with E-state index in [2.05, 4.69) is 21.2 Å². The van der Waals surface area contributed by atoms with Gasteiger partial charge in [0.05, 0.1) is 34.6 Å². The van der Waals surface area contributed by atoms with Crippen molar-refractivity contribution in [3.05, 3.63) is 50.7 Å². The van der Waals surface area contributed by atoms with E-state index in [4.69, 9.17) is 15.6 Å². The molecule has 0 amide bonds. The van der Waals surface area contributed by atoms with Crippen LogP contribution in [0.1, 0.15) is 5.69 Å². The van der Waals surface area contributed by atoms with Crippen LogP contribution in [0.25, 0.3) is 27.2 Å². The van der Waals surface area contributed by atoms with Crippen molar-refractivity contribution in [2.45, 2.75) is 6.54 Å². The van der Waals surface area contributed by atoms with Crippen LogP contribution in [-0.4, -0.2) is 29.8 Å². The molecule has 2 aromatic heterocycles. The molecule has 0 bridgehead atoms. The van der Waals surface area contributed by atoms with Crippen molar-refractivity contribution in [2.75, 3.05) is 20.2 Å². The number of rotatable bonds is 5. The molecule has 6 nitrogen and oxygen atoms in total. The lowest BCUT2D eigenvalue weighted by atomic mass is 10.1. The van der Waals surface area contributed by atoms with Crippen molar-refractivity contribution in [2.24, 2.45) is 5.73 Å². The molecule has 0 spiro atoms. The van der Waals surface area contributed by atoms with Gasteiger partial charge in [-0.05, 0) is 40.2 Å². The summed E-state index contributed by atoms with van der Waals surface area (Å²) in [5.41, 5.74) is 7.95. The number of hydrogen-bond acceptors (Lipinski definition) is 5. The maximum Gasteiger partial charge on any atom is 0.202 e. The normalized spacial score (nSPS) is 11.8. The molecule has 0 unspecified atom stereocenters. The van der Waals surface area contributed by atoms with Crippen LogP contribution < -0.4 is 21.2 Å². The minimum Gasteiger partial charge on any atom is -0.496 e. The molecule has 7 heteroatoms. The fraction of sp³-hybridized carbons (Fsp3) is 0.222. The molecule has 2 aromatic carbocycles. The summed E-state index contributed by atoms with van der Waals surface area (Å²) in [5.74, 6) is 0.551. The number of methoxy groups -OCH3 is 1. The van der Waals surface area contributed by atoms with Crippen molar-refractivity contribution in [1.29, 1.82) is 0 Å². The number of pyridine rings is 1. The third-order valence-corrected chi connectivity index (χ3v) is 5.05. The zero-order valence-electron chi connectivity index (χ0n) is 13.7. The number of aromatic nitrogens is 2. The summed E-state index contributed by atoms with van der Waals surface area (Å²) >= 11 is 3.52. The topological polar surface area (TPSA) is 81.6 Å². The Morgan fingerprint density at radius 1 is 1.28 bits per heavy atom. The van der Waals surface area contributed by atoms with E-state index in [1.165, 1.54) is 0 Å². The first-order valence-corrected chi connectivity index (χ1v) is 8.79. The van der Waals surface area contributed by atoms with E-state index in [1.54, 1.807) is 13.2 Å². The second kappa shape index (κ2) is 6.25. The molecule has 0 saturated carbocycles. The lowest BCUT2D eigenvalue weighted by Gasteiger charge is -2.09. The van der Waals surface area contributed by atoms with E-state index in [0.29, 0.717) is 36.2 Å². The molecule has 25 heavy (non-hydrogen) atoms. The number of fused-ring (bicyclic) bond motifs is 2. The summed E-state index contributed by atoms with van der Waals surface area (Å²) in [7, 11) is 1.57. The number of nitrogens with two attached hydrogens (primary N) is 1. The lowest BCUT2D eigenvalue weighted by molar-refractivity contribution is 0.419. The lowest BCUT2D eigenvalue weighted by Crippen LogP contribution is -2.22. The Kier molecular flexibility index (Phi) is 4.07. The van der Waals surface area contributed by atoms with Gasteiger partial charge in [0, 0.05) is 29.5 Å². The minimum atomic E-state index is -0.0567. The molecule has 128 valence electrons. The van der Waals surface area contributed by atoms with Gasteiger partial charge in [-0.3, -0.25) is 4.79 Å². The Bertz CT molecular complexity index is 1140. The molecule has 0 aliphatic heterocycles. The van der Waals surface area contributed by atoms with Gasteiger partial charge in [-0.25, -0.2) is 4.52 Å². The summed E-state index contributed by atoms with van der Waals surface area (Å²) in [6, 6.07) is 9.44. The summed E-state index contributed by atoms with van der Waals surface area (Å²) in [4.78, 5) is 13.2. The second-order valence-corrected chi connectivity index (χ2v) is 6.68. The van der Waals surface area contributed by atoms with E-state index in [-0.39, 0.29) is 5.43 Å². The van der Waals surface area contributed by atoms with Crippen LogP contribution in [0.3, 0.4) is 0 Å². The van der Waals surface area contributed by atoms with Crippen LogP contribution in [-0.2, 0) is 6.54 Å². The molecule has 0 radical (unpaired) electrons. The van der Waals surface area contributed by atoms with Gasteiger partial charge in [-0.2, -0.15) is 5.10 Å². The fourth-order valence-corrected chi connectivity index (χ4v) is 3.79. The number of nitrogens with zero attached hydrogens (tertiary/aromatic N) is 2. The van der Waals surface area contributed by atoms with Crippen LogP contribution in [0.5, 0.6) is 5.75 Å². The quantitative estimate of drug-likeness (QED) is 0.396. The maximum absolute atomic E-state index is 13.2. The van der Waals surface area contributed by atoms with Gasteiger partial charge in [-0.15, -0.1) is 0 Å². The molecule has 4 rings (SSSR count). The van der Waals surface area contributed by atoms with Gasteiger partial charge < -0.3 is 15.8 Å². The largest absolute Gasteiger partial charge is 0.496 e. The maximum atomic E-state index is 13.2. The highest BCUT2D eigenvalue weighted by molar-refractivity contribution is 9.10. The Morgan fingerprint density at radius 2 is 2.12 bits per heavy atom. The van der Waals surface area contributed by atoms with Gasteiger partial charge in [0.15, 0.2) is 0 Å². The highest BCUT2D eigenvalue weighted by Crippen LogP contribution is 2.33. The van der Waals surface area contributed by atoms with Gasteiger partial charge >= 0.3 is 0 Å². The standard InChI is InChI=1S/C18H17BrN4O2/c1-25-14-4-2-3-13-16(14)18(24)15-11(19)6-5-10-12(9-21-8-7-20)22-23(13)17(10)15/h2-6,21H,7-9,20H2,1H3. The number of nitrogens with one attached hydrogen (secondary N) is 1. The smallest absolute Gasteiger partial charge is 0.202 e. The molecule has 0 aliphatic rings. The molecule has 4 aromatic rings. The van der Waals surface area contributed by atoms with Crippen LogP contribution in [0, 0.1) is 0 Å². The molecule has 3 N–H and O–H groups in total. The van der Waals surface area contributed by atoms with Crippen LogP contribution >= 0.6 is 15.9 Å². The number of halogens is 1. The fourth-order valence-electron chi connectivity index (χ4n) is 3.29.